The molecule has 0 aliphatic heterocycles. The van der Waals surface area contributed by atoms with Crippen LogP contribution in [0.5, 0.6) is 5.75 Å². The Morgan fingerprint density at radius 3 is 2.26 bits per heavy atom. The minimum atomic E-state index is -2.85. The van der Waals surface area contributed by atoms with Crippen molar-refractivity contribution in [2.24, 2.45) is 0 Å². The molecule has 0 saturated carbocycles. The Morgan fingerprint density at radius 1 is 1.04 bits per heavy atom. The van der Waals surface area contributed by atoms with E-state index in [1.165, 1.54) is 12.1 Å². The number of carbonyl (C=O) groups is 1. The number of alkyl halides is 2. The average Bonchev–Trinajstić information content (AvgIpc) is 2.51. The summed E-state index contributed by atoms with van der Waals surface area (Å²) in [5.41, 5.74) is 1.82. The molecule has 0 radical (unpaired) electrons. The van der Waals surface area contributed by atoms with Gasteiger partial charge in [-0.25, -0.2) is 0 Å². The van der Waals surface area contributed by atoms with Gasteiger partial charge in [-0.05, 0) is 41.8 Å². The van der Waals surface area contributed by atoms with Crippen molar-refractivity contribution < 1.29 is 18.3 Å². The predicted molar refractivity (Wildman–Crippen MR) is 84.9 cm³/mol. The smallest absolute Gasteiger partial charge is 0.387 e. The van der Waals surface area contributed by atoms with Crippen molar-refractivity contribution in [1.29, 1.82) is 0 Å². The van der Waals surface area contributed by atoms with Gasteiger partial charge in [0.25, 0.3) is 0 Å². The molecule has 0 atom stereocenters. The molecular weight excluding hydrogens is 324 g/mol. The first-order chi connectivity index (χ1) is 11.0. The van der Waals surface area contributed by atoms with Crippen molar-refractivity contribution in [1.82, 2.24) is 5.32 Å². The average molecular weight is 340 g/mol. The van der Waals surface area contributed by atoms with Crippen LogP contribution < -0.4 is 10.1 Å². The monoisotopic (exact) mass is 339 g/mol. The zero-order chi connectivity index (χ0) is 16.7. The number of hydrogen-bond acceptors (Lipinski definition) is 2. The third kappa shape index (κ3) is 6.24. The van der Waals surface area contributed by atoms with Crippen LogP contribution in [0.4, 0.5) is 8.78 Å². The zero-order valence-electron chi connectivity index (χ0n) is 12.3. The number of hydrogen-bond donors (Lipinski definition) is 1. The van der Waals surface area contributed by atoms with E-state index in [0.29, 0.717) is 18.0 Å². The second kappa shape index (κ2) is 8.48. The zero-order valence-corrected chi connectivity index (χ0v) is 13.0. The van der Waals surface area contributed by atoms with Crippen LogP contribution in [-0.4, -0.2) is 19.1 Å². The van der Waals surface area contributed by atoms with Crippen LogP contribution in [-0.2, 0) is 17.6 Å². The normalized spacial score (nSPS) is 10.6. The summed E-state index contributed by atoms with van der Waals surface area (Å²) >= 11 is 5.81. The molecule has 122 valence electrons. The molecule has 2 rings (SSSR count). The summed E-state index contributed by atoms with van der Waals surface area (Å²) in [5.74, 6) is -0.0478. The molecule has 0 aromatic heterocycles. The van der Waals surface area contributed by atoms with E-state index in [-0.39, 0.29) is 18.1 Å². The van der Waals surface area contributed by atoms with Crippen molar-refractivity contribution in [3.63, 3.8) is 0 Å². The second-order valence-corrected chi connectivity index (χ2v) is 5.36. The van der Waals surface area contributed by atoms with Gasteiger partial charge in [0, 0.05) is 11.6 Å². The van der Waals surface area contributed by atoms with Crippen LogP contribution in [0.15, 0.2) is 48.5 Å². The van der Waals surface area contributed by atoms with Crippen LogP contribution in [0.1, 0.15) is 11.1 Å². The van der Waals surface area contributed by atoms with E-state index in [0.717, 1.165) is 11.1 Å². The number of nitrogens with one attached hydrogen (secondary N) is 1. The molecule has 1 N–H and O–H groups in total. The molecule has 0 aliphatic carbocycles. The van der Waals surface area contributed by atoms with Crippen LogP contribution in [0.2, 0.25) is 5.02 Å². The fraction of sp³-hybridized carbons (Fsp3) is 0.235. The summed E-state index contributed by atoms with van der Waals surface area (Å²) in [6.45, 7) is -2.33. The minimum absolute atomic E-state index is 0.0758. The van der Waals surface area contributed by atoms with Gasteiger partial charge in [-0.2, -0.15) is 8.78 Å². The molecule has 0 aliphatic rings. The Morgan fingerprint density at radius 2 is 1.65 bits per heavy atom. The van der Waals surface area contributed by atoms with Crippen molar-refractivity contribution >= 4 is 17.5 Å². The summed E-state index contributed by atoms with van der Waals surface area (Å²) in [5, 5.41) is 3.50. The molecule has 0 spiro atoms. The third-order valence-corrected chi connectivity index (χ3v) is 3.41. The second-order valence-electron chi connectivity index (χ2n) is 4.93. The largest absolute Gasteiger partial charge is 0.435 e. The highest BCUT2D eigenvalue weighted by Crippen LogP contribution is 2.15. The minimum Gasteiger partial charge on any atom is -0.435 e. The number of rotatable bonds is 7. The molecule has 23 heavy (non-hydrogen) atoms. The molecule has 0 fully saturated rings. The van der Waals surface area contributed by atoms with Crippen molar-refractivity contribution in [2.45, 2.75) is 19.5 Å². The van der Waals surface area contributed by atoms with E-state index in [9.17, 15) is 13.6 Å². The third-order valence-electron chi connectivity index (χ3n) is 3.16. The van der Waals surface area contributed by atoms with Gasteiger partial charge < -0.3 is 10.1 Å². The van der Waals surface area contributed by atoms with Crippen molar-refractivity contribution in [2.75, 3.05) is 6.54 Å². The van der Waals surface area contributed by atoms with Gasteiger partial charge in [0.1, 0.15) is 5.75 Å². The first kappa shape index (κ1) is 17.2. The predicted octanol–water partition coefficient (Wildman–Crippen LogP) is 3.84. The van der Waals surface area contributed by atoms with Gasteiger partial charge in [-0.1, -0.05) is 35.9 Å². The summed E-state index contributed by atoms with van der Waals surface area (Å²) < 4.78 is 28.3. The highest BCUT2D eigenvalue weighted by Gasteiger charge is 2.06. The highest BCUT2D eigenvalue weighted by molar-refractivity contribution is 6.30. The van der Waals surface area contributed by atoms with Crippen LogP contribution in [0.25, 0.3) is 0 Å². The molecule has 0 bridgehead atoms. The summed E-state index contributed by atoms with van der Waals surface area (Å²) in [7, 11) is 0. The van der Waals surface area contributed by atoms with E-state index >= 15 is 0 Å². The van der Waals surface area contributed by atoms with Gasteiger partial charge in [-0.3, -0.25) is 4.79 Å². The van der Waals surface area contributed by atoms with Crippen LogP contribution in [0.3, 0.4) is 0 Å². The molecular formula is C17H16ClF2NO2. The molecule has 1 amide bonds. The van der Waals surface area contributed by atoms with E-state index in [4.69, 9.17) is 11.6 Å². The van der Waals surface area contributed by atoms with E-state index in [1.807, 2.05) is 24.3 Å². The topological polar surface area (TPSA) is 38.3 Å². The van der Waals surface area contributed by atoms with E-state index < -0.39 is 6.61 Å². The summed E-state index contributed by atoms with van der Waals surface area (Å²) in [6, 6.07) is 13.5. The molecule has 6 heteroatoms. The lowest BCUT2D eigenvalue weighted by Gasteiger charge is -2.07. The van der Waals surface area contributed by atoms with Gasteiger partial charge >= 0.3 is 6.61 Å². The maximum atomic E-state index is 12.0. The lowest BCUT2D eigenvalue weighted by molar-refractivity contribution is -0.120. The molecule has 2 aromatic carbocycles. The fourth-order valence-electron chi connectivity index (χ4n) is 2.03. The summed E-state index contributed by atoms with van der Waals surface area (Å²) in [6.07, 6.45) is 0.902. The first-order valence-electron chi connectivity index (χ1n) is 7.08. The standard InChI is InChI=1S/C17H16ClF2NO2/c18-14-5-1-12(2-6-14)9-10-21-16(22)11-13-3-7-15(8-4-13)23-17(19)20/h1-8,17H,9-11H2,(H,21,22). The van der Waals surface area contributed by atoms with Crippen molar-refractivity contribution in [3.05, 3.63) is 64.7 Å². The summed E-state index contributed by atoms with van der Waals surface area (Å²) in [4.78, 5) is 11.8. The van der Waals surface area contributed by atoms with E-state index in [2.05, 4.69) is 10.1 Å². The van der Waals surface area contributed by atoms with Crippen LogP contribution in [0, 0.1) is 0 Å². The lowest BCUT2D eigenvalue weighted by atomic mass is 10.1. The van der Waals surface area contributed by atoms with Gasteiger partial charge in [0.2, 0.25) is 5.91 Å². The highest BCUT2D eigenvalue weighted by atomic mass is 35.5. The Hall–Kier alpha value is -2.14. The SMILES string of the molecule is O=C(Cc1ccc(OC(F)F)cc1)NCCc1ccc(Cl)cc1. The van der Waals surface area contributed by atoms with Gasteiger partial charge in [-0.15, -0.1) is 0 Å². The molecule has 3 nitrogen and oxygen atoms in total. The molecule has 0 heterocycles. The number of halogens is 3. The van der Waals surface area contributed by atoms with Crippen LogP contribution >= 0.6 is 11.6 Å². The maximum Gasteiger partial charge on any atom is 0.387 e. The van der Waals surface area contributed by atoms with Gasteiger partial charge in [0.15, 0.2) is 0 Å². The number of ether oxygens (including phenoxy) is 1. The van der Waals surface area contributed by atoms with Crippen molar-refractivity contribution in [3.8, 4) is 5.75 Å². The Labute approximate surface area is 138 Å². The molecule has 2 aromatic rings. The number of carbonyl (C=O) groups excluding carboxylic acids is 1. The molecule has 0 unspecified atom stereocenters. The van der Waals surface area contributed by atoms with E-state index in [1.54, 1.807) is 12.1 Å². The fourth-order valence-corrected chi connectivity index (χ4v) is 2.16. The Kier molecular flexibility index (Phi) is 6.35. The molecule has 0 saturated heterocycles. The maximum absolute atomic E-state index is 12.0. The number of amides is 1. The number of benzene rings is 2. The van der Waals surface area contributed by atoms with Gasteiger partial charge in [0.05, 0.1) is 6.42 Å². The Bertz CT molecular complexity index is 630. The first-order valence-corrected chi connectivity index (χ1v) is 7.45. The Balaban J connectivity index is 1.75. The lowest BCUT2D eigenvalue weighted by Crippen LogP contribution is -2.27. The quantitative estimate of drug-likeness (QED) is 0.832.